The van der Waals surface area contributed by atoms with Gasteiger partial charge in [-0.05, 0) is 98.2 Å². The van der Waals surface area contributed by atoms with Crippen LogP contribution < -0.4 is 15.8 Å². The number of carbonyl (C=O) groups is 2. The molecule has 0 fully saturated rings. The van der Waals surface area contributed by atoms with E-state index >= 15 is 0 Å². The number of aliphatic hydroxyl groups excluding tert-OH is 1. The monoisotopic (exact) mass is 554 g/mol. The van der Waals surface area contributed by atoms with E-state index < -0.39 is 17.9 Å². The third-order valence-corrected chi connectivity index (χ3v) is 8.21. The van der Waals surface area contributed by atoms with Crippen LogP contribution in [0.3, 0.4) is 0 Å². The van der Waals surface area contributed by atoms with Crippen LogP contribution in [-0.2, 0) is 21.4 Å². The maximum Gasteiger partial charge on any atom is 0.326 e. The standard InChI is InChI=1S/C33H50N2O5/c1-8-33(9-2,25-14-12-24(22(3)19-25)13-17-29(36)32(5,6)7)26-15-16-28(23(4)20-26)40-21-30(37)35-27(31(38)39)11-10-18-34/h12,14-16,19-20,27,29,36H,8-11,13,17-18,21,34H2,1-7H3,(H,35,37)(H,38,39)/t27-,29?/m1/s1. The number of rotatable bonds is 15. The molecule has 222 valence electrons. The Morgan fingerprint density at radius 3 is 2.08 bits per heavy atom. The Morgan fingerprint density at radius 2 is 1.57 bits per heavy atom. The van der Waals surface area contributed by atoms with Gasteiger partial charge in [-0.15, -0.1) is 0 Å². The number of aliphatic carboxylic acids is 1. The van der Waals surface area contributed by atoms with E-state index in [1.165, 1.54) is 22.3 Å². The molecule has 0 spiro atoms. The zero-order valence-corrected chi connectivity index (χ0v) is 25.5. The number of carbonyl (C=O) groups excluding carboxylic acids is 1. The molecule has 7 nitrogen and oxygen atoms in total. The largest absolute Gasteiger partial charge is 0.484 e. The summed E-state index contributed by atoms with van der Waals surface area (Å²) in [6.45, 7) is 14.8. The fourth-order valence-corrected chi connectivity index (χ4v) is 5.30. The van der Waals surface area contributed by atoms with Gasteiger partial charge in [-0.1, -0.05) is 65.0 Å². The van der Waals surface area contributed by atoms with Gasteiger partial charge >= 0.3 is 5.97 Å². The van der Waals surface area contributed by atoms with Gasteiger partial charge in [-0.25, -0.2) is 4.79 Å². The van der Waals surface area contributed by atoms with Crippen molar-refractivity contribution in [3.63, 3.8) is 0 Å². The van der Waals surface area contributed by atoms with Gasteiger partial charge in [-0.3, -0.25) is 4.79 Å². The van der Waals surface area contributed by atoms with Gasteiger partial charge in [0.25, 0.3) is 5.91 Å². The lowest BCUT2D eigenvalue weighted by Gasteiger charge is -2.34. The topological polar surface area (TPSA) is 122 Å². The summed E-state index contributed by atoms with van der Waals surface area (Å²) < 4.78 is 5.78. The zero-order valence-electron chi connectivity index (χ0n) is 25.5. The molecule has 0 bridgehead atoms. The molecule has 5 N–H and O–H groups in total. The number of ether oxygens (including phenoxy) is 1. The number of aryl methyl sites for hydroxylation is 3. The lowest BCUT2D eigenvalue weighted by molar-refractivity contribution is -0.142. The minimum absolute atomic E-state index is 0.129. The second kappa shape index (κ2) is 14.6. The number of carboxylic acid groups (broad SMARTS) is 1. The first kappa shape index (κ1) is 33.3. The van der Waals surface area contributed by atoms with E-state index in [4.69, 9.17) is 10.5 Å². The average Bonchev–Trinajstić information content (AvgIpc) is 2.90. The van der Waals surface area contributed by atoms with E-state index in [2.05, 4.69) is 77.2 Å². The second-order valence-corrected chi connectivity index (χ2v) is 12.0. The molecule has 2 rings (SSSR count). The van der Waals surface area contributed by atoms with E-state index in [1.54, 1.807) is 0 Å². The summed E-state index contributed by atoms with van der Waals surface area (Å²) in [7, 11) is 0. The first-order chi connectivity index (χ1) is 18.8. The molecule has 2 aromatic rings. The molecule has 7 heteroatoms. The number of hydrogen-bond acceptors (Lipinski definition) is 5. The van der Waals surface area contributed by atoms with Crippen LogP contribution in [0.1, 0.15) is 94.5 Å². The Kier molecular flexibility index (Phi) is 12.2. The Labute approximate surface area is 240 Å². The first-order valence-corrected chi connectivity index (χ1v) is 14.5. The highest BCUT2D eigenvalue weighted by atomic mass is 16.5. The molecular formula is C33H50N2O5. The van der Waals surface area contributed by atoms with Gasteiger partial charge in [-0.2, -0.15) is 0 Å². The highest BCUT2D eigenvalue weighted by molar-refractivity contribution is 5.84. The summed E-state index contributed by atoms with van der Waals surface area (Å²) >= 11 is 0. The SMILES string of the molecule is CCC(CC)(c1ccc(CCC(O)C(C)(C)C)c(C)c1)c1ccc(OCC(=O)N[C@H](CCCN)C(=O)O)c(C)c1. The summed E-state index contributed by atoms with van der Waals surface area (Å²) in [6.07, 6.45) is 3.87. The zero-order chi connectivity index (χ0) is 30.1. The molecule has 0 aliphatic heterocycles. The van der Waals surface area contributed by atoms with Crippen molar-refractivity contribution in [3.05, 3.63) is 64.2 Å². The quantitative estimate of drug-likeness (QED) is 0.233. The van der Waals surface area contributed by atoms with Gasteiger partial charge in [0.2, 0.25) is 0 Å². The fourth-order valence-electron chi connectivity index (χ4n) is 5.30. The Morgan fingerprint density at radius 1 is 0.975 bits per heavy atom. The summed E-state index contributed by atoms with van der Waals surface area (Å²) in [5.74, 6) is -0.962. The van der Waals surface area contributed by atoms with Crippen LogP contribution in [0.15, 0.2) is 36.4 Å². The lowest BCUT2D eigenvalue weighted by Crippen LogP contribution is -2.43. The van der Waals surface area contributed by atoms with E-state index in [9.17, 15) is 19.8 Å². The van der Waals surface area contributed by atoms with Crippen molar-refractivity contribution >= 4 is 11.9 Å². The molecule has 0 saturated carbocycles. The predicted molar refractivity (Wildman–Crippen MR) is 161 cm³/mol. The van der Waals surface area contributed by atoms with Gasteiger partial charge in [0.15, 0.2) is 6.61 Å². The van der Waals surface area contributed by atoms with E-state index in [0.717, 1.165) is 31.2 Å². The molecule has 1 amide bonds. The number of benzene rings is 2. The lowest BCUT2D eigenvalue weighted by atomic mass is 9.69. The number of nitrogens with two attached hydrogens (primary N) is 1. The van der Waals surface area contributed by atoms with Gasteiger partial charge < -0.3 is 26.0 Å². The van der Waals surface area contributed by atoms with E-state index in [1.807, 2.05) is 13.0 Å². The van der Waals surface area contributed by atoms with Crippen LogP contribution in [0.25, 0.3) is 0 Å². The van der Waals surface area contributed by atoms with Crippen molar-refractivity contribution in [2.45, 2.75) is 105 Å². The predicted octanol–water partition coefficient (Wildman–Crippen LogP) is 5.44. The number of hydrogen-bond donors (Lipinski definition) is 4. The molecular weight excluding hydrogens is 504 g/mol. The molecule has 1 unspecified atom stereocenters. The summed E-state index contributed by atoms with van der Waals surface area (Å²) in [6, 6.07) is 11.8. The van der Waals surface area contributed by atoms with E-state index in [-0.39, 0.29) is 30.0 Å². The molecule has 0 aliphatic carbocycles. The summed E-state index contributed by atoms with van der Waals surface area (Å²) in [5.41, 5.74) is 11.0. The molecule has 40 heavy (non-hydrogen) atoms. The minimum Gasteiger partial charge on any atom is -0.484 e. The molecule has 0 radical (unpaired) electrons. The summed E-state index contributed by atoms with van der Waals surface area (Å²) in [5, 5.41) is 22.3. The maximum absolute atomic E-state index is 12.4. The van der Waals surface area contributed by atoms with Crippen LogP contribution in [0.4, 0.5) is 0 Å². The van der Waals surface area contributed by atoms with Gasteiger partial charge in [0.05, 0.1) is 6.10 Å². The Bertz CT molecular complexity index is 1130. The smallest absolute Gasteiger partial charge is 0.326 e. The molecule has 2 atom stereocenters. The van der Waals surface area contributed by atoms with Crippen molar-refractivity contribution in [2.75, 3.05) is 13.2 Å². The fraction of sp³-hybridized carbons (Fsp3) is 0.576. The van der Waals surface area contributed by atoms with Gasteiger partial charge in [0.1, 0.15) is 11.8 Å². The van der Waals surface area contributed by atoms with Crippen LogP contribution in [0, 0.1) is 19.3 Å². The van der Waals surface area contributed by atoms with Crippen LogP contribution in [0.2, 0.25) is 0 Å². The first-order valence-electron chi connectivity index (χ1n) is 14.5. The maximum atomic E-state index is 12.4. The van der Waals surface area contributed by atoms with Gasteiger partial charge in [0, 0.05) is 5.41 Å². The highest BCUT2D eigenvalue weighted by Gasteiger charge is 2.32. The number of nitrogens with one attached hydrogen (secondary N) is 1. The molecule has 2 aromatic carbocycles. The molecule has 0 aromatic heterocycles. The van der Waals surface area contributed by atoms with Crippen molar-refractivity contribution in [1.29, 1.82) is 0 Å². The third-order valence-electron chi connectivity index (χ3n) is 8.21. The average molecular weight is 555 g/mol. The second-order valence-electron chi connectivity index (χ2n) is 12.0. The number of aliphatic hydroxyl groups is 1. The number of amides is 1. The van der Waals surface area contributed by atoms with E-state index in [0.29, 0.717) is 18.7 Å². The Hall–Kier alpha value is -2.90. The van der Waals surface area contributed by atoms with Crippen LogP contribution >= 0.6 is 0 Å². The third kappa shape index (κ3) is 8.55. The summed E-state index contributed by atoms with van der Waals surface area (Å²) in [4.78, 5) is 23.8. The van der Waals surface area contributed by atoms with Crippen molar-refractivity contribution in [2.24, 2.45) is 11.1 Å². The minimum atomic E-state index is -1.08. The highest BCUT2D eigenvalue weighted by Crippen LogP contribution is 2.41. The molecule has 0 aliphatic rings. The van der Waals surface area contributed by atoms with Crippen LogP contribution in [0.5, 0.6) is 5.75 Å². The van der Waals surface area contributed by atoms with Crippen molar-refractivity contribution < 1.29 is 24.5 Å². The number of carboxylic acids is 1. The van der Waals surface area contributed by atoms with Crippen molar-refractivity contribution in [1.82, 2.24) is 5.32 Å². The Balaban J connectivity index is 2.20. The normalized spacial score (nSPS) is 13.5. The van der Waals surface area contributed by atoms with Crippen molar-refractivity contribution in [3.8, 4) is 5.75 Å². The molecule has 0 saturated heterocycles. The van der Waals surface area contributed by atoms with Crippen LogP contribution in [-0.4, -0.2) is 47.4 Å². The molecule has 0 heterocycles.